The molecule has 27 heavy (non-hydrogen) atoms. The van der Waals surface area contributed by atoms with Gasteiger partial charge in [-0.05, 0) is 49.6 Å². The Morgan fingerprint density at radius 3 is 2.26 bits per heavy atom. The summed E-state index contributed by atoms with van der Waals surface area (Å²) >= 11 is 0. The first kappa shape index (κ1) is 18.8. The molecule has 1 unspecified atom stereocenters. The van der Waals surface area contributed by atoms with Gasteiger partial charge < -0.3 is 14.8 Å². The smallest absolute Gasteiger partial charge is 0.325 e. The number of ether oxygens (including phenoxy) is 2. The number of urea groups is 1. The summed E-state index contributed by atoms with van der Waals surface area (Å²) in [7, 11) is 1.58. The van der Waals surface area contributed by atoms with Crippen LogP contribution in [-0.2, 0) is 10.3 Å². The van der Waals surface area contributed by atoms with E-state index in [9.17, 15) is 9.59 Å². The first-order valence-electron chi connectivity index (χ1n) is 8.84. The number of hydrogen-bond acceptors (Lipinski definition) is 4. The van der Waals surface area contributed by atoms with Crippen LogP contribution in [0.3, 0.4) is 0 Å². The number of carbonyl (C=O) groups is 2. The van der Waals surface area contributed by atoms with Crippen molar-refractivity contribution in [3.05, 3.63) is 59.2 Å². The second kappa shape index (κ2) is 7.31. The van der Waals surface area contributed by atoms with E-state index in [1.807, 2.05) is 32.0 Å². The number of aryl methyl sites for hydroxylation is 2. The number of imide groups is 1. The Balaban J connectivity index is 1.70. The number of benzene rings is 2. The Labute approximate surface area is 159 Å². The molecule has 2 aromatic rings. The average molecular weight is 368 g/mol. The summed E-state index contributed by atoms with van der Waals surface area (Å²) in [4.78, 5) is 26.5. The summed E-state index contributed by atoms with van der Waals surface area (Å²) in [5.41, 5.74) is 1.66. The SMILES string of the molecule is COc1ccc(C2(C)NC(=O)N(CCOc3c(C)cccc3C)C2=O)cc1. The van der Waals surface area contributed by atoms with Gasteiger partial charge in [-0.15, -0.1) is 0 Å². The summed E-state index contributed by atoms with van der Waals surface area (Å²) in [6.45, 7) is 6.07. The molecular weight excluding hydrogens is 344 g/mol. The summed E-state index contributed by atoms with van der Waals surface area (Å²) in [5, 5.41) is 2.80. The molecule has 6 nitrogen and oxygen atoms in total. The third-order valence-corrected chi connectivity index (χ3v) is 4.91. The Hall–Kier alpha value is -3.02. The molecule has 0 saturated carbocycles. The van der Waals surface area contributed by atoms with E-state index in [1.54, 1.807) is 38.3 Å². The molecule has 1 saturated heterocycles. The second-order valence-electron chi connectivity index (χ2n) is 6.81. The summed E-state index contributed by atoms with van der Waals surface area (Å²) in [6, 6.07) is 12.6. The van der Waals surface area contributed by atoms with Crippen LogP contribution in [0, 0.1) is 13.8 Å². The van der Waals surface area contributed by atoms with Crippen LogP contribution in [-0.4, -0.2) is 37.1 Å². The van der Waals surface area contributed by atoms with Gasteiger partial charge in [-0.2, -0.15) is 0 Å². The molecule has 3 amide bonds. The topological polar surface area (TPSA) is 67.9 Å². The lowest BCUT2D eigenvalue weighted by atomic mass is 9.92. The quantitative estimate of drug-likeness (QED) is 0.796. The van der Waals surface area contributed by atoms with Gasteiger partial charge in [-0.3, -0.25) is 9.69 Å². The lowest BCUT2D eigenvalue weighted by Gasteiger charge is -2.22. The predicted molar refractivity (Wildman–Crippen MR) is 102 cm³/mol. The van der Waals surface area contributed by atoms with Crippen LogP contribution in [0.2, 0.25) is 0 Å². The third kappa shape index (κ3) is 3.47. The van der Waals surface area contributed by atoms with E-state index in [4.69, 9.17) is 9.47 Å². The number of nitrogens with zero attached hydrogens (tertiary/aromatic N) is 1. The van der Waals surface area contributed by atoms with Crippen molar-refractivity contribution in [2.24, 2.45) is 0 Å². The summed E-state index contributed by atoms with van der Waals surface area (Å²) in [6.07, 6.45) is 0. The van der Waals surface area contributed by atoms with E-state index in [-0.39, 0.29) is 19.1 Å². The van der Waals surface area contributed by atoms with Gasteiger partial charge in [0, 0.05) is 0 Å². The number of methoxy groups -OCH3 is 1. The molecule has 2 aromatic carbocycles. The lowest BCUT2D eigenvalue weighted by molar-refractivity contribution is -0.131. The fourth-order valence-corrected chi connectivity index (χ4v) is 3.29. The molecule has 0 spiro atoms. The fraction of sp³-hybridized carbons (Fsp3) is 0.333. The van der Waals surface area contributed by atoms with Gasteiger partial charge in [0.1, 0.15) is 23.6 Å². The van der Waals surface area contributed by atoms with Crippen molar-refractivity contribution >= 4 is 11.9 Å². The third-order valence-electron chi connectivity index (χ3n) is 4.91. The molecule has 3 rings (SSSR count). The Kier molecular flexibility index (Phi) is 5.08. The van der Waals surface area contributed by atoms with Gasteiger partial charge in [0.2, 0.25) is 0 Å². The van der Waals surface area contributed by atoms with Crippen LogP contribution in [0.1, 0.15) is 23.6 Å². The van der Waals surface area contributed by atoms with Crippen LogP contribution in [0.5, 0.6) is 11.5 Å². The normalized spacial score (nSPS) is 19.2. The highest BCUT2D eigenvalue weighted by Crippen LogP contribution is 2.30. The molecular formula is C21H24N2O4. The number of nitrogens with one attached hydrogen (secondary N) is 1. The molecule has 1 atom stereocenters. The number of hydrogen-bond donors (Lipinski definition) is 1. The Morgan fingerprint density at radius 1 is 1.04 bits per heavy atom. The van der Waals surface area contributed by atoms with Gasteiger partial charge >= 0.3 is 6.03 Å². The van der Waals surface area contributed by atoms with Crippen LogP contribution in [0.4, 0.5) is 4.79 Å². The Morgan fingerprint density at radius 2 is 1.67 bits per heavy atom. The molecule has 1 fully saturated rings. The molecule has 6 heteroatoms. The van der Waals surface area contributed by atoms with E-state index in [0.717, 1.165) is 16.9 Å². The maximum Gasteiger partial charge on any atom is 0.325 e. The van der Waals surface area contributed by atoms with E-state index >= 15 is 0 Å². The fourth-order valence-electron chi connectivity index (χ4n) is 3.29. The van der Waals surface area contributed by atoms with E-state index in [2.05, 4.69) is 5.32 Å². The maximum absolute atomic E-state index is 12.9. The van der Waals surface area contributed by atoms with E-state index in [1.165, 1.54) is 4.90 Å². The van der Waals surface area contributed by atoms with Crippen LogP contribution in [0.15, 0.2) is 42.5 Å². The minimum absolute atomic E-state index is 0.185. The molecule has 0 radical (unpaired) electrons. The van der Waals surface area contributed by atoms with Crippen molar-refractivity contribution in [2.75, 3.05) is 20.3 Å². The van der Waals surface area contributed by atoms with Crippen molar-refractivity contribution in [3.8, 4) is 11.5 Å². The number of para-hydroxylation sites is 1. The average Bonchev–Trinajstić information content (AvgIpc) is 2.88. The van der Waals surface area contributed by atoms with Crippen LogP contribution >= 0.6 is 0 Å². The van der Waals surface area contributed by atoms with Gasteiger partial charge in [0.25, 0.3) is 5.91 Å². The Bertz CT molecular complexity index is 843. The molecule has 142 valence electrons. The zero-order valence-corrected chi connectivity index (χ0v) is 16.0. The number of rotatable bonds is 6. The molecule has 1 heterocycles. The standard InChI is InChI=1S/C21H24N2O4/c1-14-6-5-7-15(2)18(14)27-13-12-23-19(24)21(3,22-20(23)25)16-8-10-17(26-4)11-9-16/h5-11H,12-13H2,1-4H3,(H,22,25). The van der Waals surface area contributed by atoms with Crippen molar-refractivity contribution in [2.45, 2.75) is 26.3 Å². The zero-order chi connectivity index (χ0) is 19.6. The molecule has 1 aliphatic rings. The van der Waals surface area contributed by atoms with Crippen LogP contribution < -0.4 is 14.8 Å². The van der Waals surface area contributed by atoms with Crippen molar-refractivity contribution in [3.63, 3.8) is 0 Å². The molecule has 0 aliphatic carbocycles. The highest BCUT2D eigenvalue weighted by molar-refractivity contribution is 6.07. The summed E-state index contributed by atoms with van der Waals surface area (Å²) < 4.78 is 11.0. The minimum Gasteiger partial charge on any atom is -0.497 e. The van der Waals surface area contributed by atoms with Crippen molar-refractivity contribution in [1.29, 1.82) is 0 Å². The van der Waals surface area contributed by atoms with Crippen LogP contribution in [0.25, 0.3) is 0 Å². The maximum atomic E-state index is 12.9. The van der Waals surface area contributed by atoms with Gasteiger partial charge in [-0.25, -0.2) is 4.79 Å². The number of carbonyl (C=O) groups excluding carboxylic acids is 2. The predicted octanol–water partition coefficient (Wildman–Crippen LogP) is 3.16. The molecule has 1 N–H and O–H groups in total. The molecule has 0 aromatic heterocycles. The minimum atomic E-state index is -1.10. The van der Waals surface area contributed by atoms with Gasteiger partial charge in [-0.1, -0.05) is 30.3 Å². The monoisotopic (exact) mass is 368 g/mol. The second-order valence-corrected chi connectivity index (χ2v) is 6.81. The lowest BCUT2D eigenvalue weighted by Crippen LogP contribution is -2.41. The van der Waals surface area contributed by atoms with E-state index < -0.39 is 11.6 Å². The number of amides is 3. The van der Waals surface area contributed by atoms with Gasteiger partial charge in [0.15, 0.2) is 0 Å². The first-order chi connectivity index (χ1) is 12.9. The summed E-state index contributed by atoms with van der Waals surface area (Å²) in [5.74, 6) is 1.20. The highest BCUT2D eigenvalue weighted by Gasteiger charge is 2.48. The van der Waals surface area contributed by atoms with E-state index in [0.29, 0.717) is 11.3 Å². The highest BCUT2D eigenvalue weighted by atomic mass is 16.5. The first-order valence-corrected chi connectivity index (χ1v) is 8.84. The van der Waals surface area contributed by atoms with Gasteiger partial charge in [0.05, 0.1) is 13.7 Å². The zero-order valence-electron chi connectivity index (χ0n) is 16.0. The molecule has 1 aliphatic heterocycles. The largest absolute Gasteiger partial charge is 0.497 e. The molecule has 0 bridgehead atoms. The van der Waals surface area contributed by atoms with Crippen molar-refractivity contribution in [1.82, 2.24) is 10.2 Å². The van der Waals surface area contributed by atoms with Crippen molar-refractivity contribution < 1.29 is 19.1 Å².